The van der Waals surface area contributed by atoms with Gasteiger partial charge in [0.15, 0.2) is 12.2 Å². The van der Waals surface area contributed by atoms with Crippen molar-refractivity contribution in [1.82, 2.24) is 0 Å². The van der Waals surface area contributed by atoms with Gasteiger partial charge in [0.2, 0.25) is 0 Å². The van der Waals surface area contributed by atoms with Crippen LogP contribution in [-0.2, 0) is 23.8 Å². The molecule has 0 saturated heterocycles. The van der Waals surface area contributed by atoms with Gasteiger partial charge in [-0.2, -0.15) is 0 Å². The zero-order valence-corrected chi connectivity index (χ0v) is 10.6. The third-order valence-corrected chi connectivity index (χ3v) is 1.85. The van der Waals surface area contributed by atoms with Crippen molar-refractivity contribution in [2.24, 2.45) is 0 Å². The topological polar surface area (TPSA) is 61.8 Å². The Morgan fingerprint density at radius 3 is 1.41 bits per heavy atom. The highest BCUT2D eigenvalue weighted by Gasteiger charge is 2.17. The Balaban J connectivity index is 4.24. The molecule has 96 valence electrons. The van der Waals surface area contributed by atoms with E-state index >= 15 is 0 Å². The van der Waals surface area contributed by atoms with Crippen molar-refractivity contribution >= 4 is 11.9 Å². The lowest BCUT2D eigenvalue weighted by molar-refractivity contribution is -0.146. The maximum absolute atomic E-state index is 10.7. The van der Waals surface area contributed by atoms with E-state index in [9.17, 15) is 9.59 Å². The van der Waals surface area contributed by atoms with Gasteiger partial charge in [-0.15, -0.1) is 0 Å². The van der Waals surface area contributed by atoms with Crippen LogP contribution in [0.2, 0.25) is 0 Å². The summed E-state index contributed by atoms with van der Waals surface area (Å²) in [5.74, 6) is -0.407. The number of carbonyl (C=O) groups is 2. The molecular weight excluding hydrogens is 224 g/mol. The molecule has 0 aliphatic rings. The summed E-state index contributed by atoms with van der Waals surface area (Å²) in [4.78, 5) is 21.4. The van der Waals surface area contributed by atoms with Crippen LogP contribution in [0.4, 0.5) is 0 Å². The quantitative estimate of drug-likeness (QED) is 0.526. The molecule has 0 aliphatic carbocycles. The summed E-state index contributed by atoms with van der Waals surface area (Å²) >= 11 is 0. The van der Waals surface area contributed by atoms with Crippen molar-refractivity contribution in [3.05, 3.63) is 24.7 Å². The van der Waals surface area contributed by atoms with Crippen LogP contribution < -0.4 is 0 Å². The molecule has 0 aromatic carbocycles. The van der Waals surface area contributed by atoms with Crippen LogP contribution in [0.15, 0.2) is 24.7 Å². The van der Waals surface area contributed by atoms with E-state index in [1.807, 2.05) is 0 Å². The molecule has 0 aromatic heterocycles. The average Bonchev–Trinajstić information content (AvgIpc) is 2.15. The minimum atomic E-state index is -0.589. The molecule has 0 fully saturated rings. The highest BCUT2D eigenvalue weighted by molar-refractivity contribution is 5.66. The van der Waals surface area contributed by atoms with E-state index in [2.05, 4.69) is 13.2 Å². The summed E-state index contributed by atoms with van der Waals surface area (Å²) in [7, 11) is 0. The fraction of sp³-hybridized carbons (Fsp3) is 0.500. The third-order valence-electron chi connectivity index (χ3n) is 1.85. The Labute approximate surface area is 101 Å². The molecule has 0 radical (unpaired) electrons. The molecular formula is C12H18O5. The molecule has 0 saturated carbocycles. The van der Waals surface area contributed by atoms with Gasteiger partial charge in [0.1, 0.15) is 11.5 Å². The van der Waals surface area contributed by atoms with E-state index in [0.29, 0.717) is 0 Å². The Morgan fingerprint density at radius 2 is 1.18 bits per heavy atom. The first kappa shape index (κ1) is 15.2. The lowest BCUT2D eigenvalue weighted by atomic mass is 10.3. The molecule has 5 nitrogen and oxygen atoms in total. The molecule has 0 amide bonds. The summed E-state index contributed by atoms with van der Waals surface area (Å²) < 4.78 is 15.0. The summed E-state index contributed by atoms with van der Waals surface area (Å²) in [5, 5.41) is 0. The van der Waals surface area contributed by atoms with Crippen LogP contribution in [0.3, 0.4) is 0 Å². The molecule has 0 bridgehead atoms. The molecule has 17 heavy (non-hydrogen) atoms. The highest BCUT2D eigenvalue weighted by atomic mass is 16.6. The second-order valence-corrected chi connectivity index (χ2v) is 3.54. The van der Waals surface area contributed by atoms with Crippen LogP contribution in [0, 0.1) is 0 Å². The first-order valence-corrected chi connectivity index (χ1v) is 5.14. The van der Waals surface area contributed by atoms with E-state index in [-0.39, 0.29) is 11.5 Å². The van der Waals surface area contributed by atoms with Crippen molar-refractivity contribution < 1.29 is 23.8 Å². The minimum absolute atomic E-state index is 0.226. The van der Waals surface area contributed by atoms with Crippen LogP contribution >= 0.6 is 0 Å². The summed E-state index contributed by atoms with van der Waals surface area (Å²) in [6.45, 7) is 13.0. The molecule has 0 spiro atoms. The van der Waals surface area contributed by atoms with Gasteiger partial charge in [-0.25, -0.2) is 0 Å². The number of rotatable bonds is 6. The van der Waals surface area contributed by atoms with Gasteiger partial charge in [0, 0.05) is 13.8 Å². The van der Waals surface area contributed by atoms with Crippen LogP contribution in [0.5, 0.6) is 0 Å². The Hall–Kier alpha value is -1.78. The zero-order chi connectivity index (χ0) is 13.6. The van der Waals surface area contributed by atoms with Gasteiger partial charge in [-0.1, -0.05) is 13.2 Å². The Bertz CT molecular complexity index is 300. The molecule has 0 aromatic rings. The summed E-state index contributed by atoms with van der Waals surface area (Å²) in [6, 6.07) is 0. The van der Waals surface area contributed by atoms with E-state index in [1.165, 1.54) is 13.8 Å². The van der Waals surface area contributed by atoms with Crippen LogP contribution in [0.1, 0.15) is 27.7 Å². The van der Waals surface area contributed by atoms with Crippen molar-refractivity contribution in [2.45, 2.75) is 39.9 Å². The number of hydrogen-bond acceptors (Lipinski definition) is 5. The van der Waals surface area contributed by atoms with Gasteiger partial charge in [0.05, 0.1) is 0 Å². The van der Waals surface area contributed by atoms with Crippen LogP contribution in [0.25, 0.3) is 0 Å². The van der Waals surface area contributed by atoms with Crippen molar-refractivity contribution in [1.29, 1.82) is 0 Å². The lowest BCUT2D eigenvalue weighted by Crippen LogP contribution is -2.20. The maximum Gasteiger partial charge on any atom is 0.303 e. The fourth-order valence-corrected chi connectivity index (χ4v) is 0.964. The zero-order valence-electron chi connectivity index (χ0n) is 10.6. The first-order chi connectivity index (χ1) is 7.73. The average molecular weight is 242 g/mol. The van der Waals surface area contributed by atoms with E-state index in [1.54, 1.807) is 13.8 Å². The SMILES string of the molecule is C=C(OC(=C)C(C)OC(C)=O)C(C)OC(C)=O. The third kappa shape index (κ3) is 6.40. The normalized spacial score (nSPS) is 13.2. The number of ether oxygens (including phenoxy) is 3. The summed E-state index contributed by atoms with van der Waals surface area (Å²) in [6.07, 6.45) is -1.18. The molecule has 0 N–H and O–H groups in total. The lowest BCUT2D eigenvalue weighted by Gasteiger charge is -2.20. The second-order valence-electron chi connectivity index (χ2n) is 3.54. The molecule has 2 unspecified atom stereocenters. The predicted molar refractivity (Wildman–Crippen MR) is 61.8 cm³/mol. The smallest absolute Gasteiger partial charge is 0.303 e. The van der Waals surface area contributed by atoms with Crippen molar-refractivity contribution in [2.75, 3.05) is 0 Å². The molecule has 0 heterocycles. The van der Waals surface area contributed by atoms with Crippen LogP contribution in [-0.4, -0.2) is 24.1 Å². The number of hydrogen-bond donors (Lipinski definition) is 0. The van der Waals surface area contributed by atoms with Crippen molar-refractivity contribution in [3.8, 4) is 0 Å². The standard InChI is InChI=1S/C12H18O5/c1-7(9(3)16-11(5)13)15-8(2)10(4)17-12(6)14/h9-10H,1-2H2,3-6H3. The maximum atomic E-state index is 10.7. The fourth-order valence-electron chi connectivity index (χ4n) is 0.964. The monoisotopic (exact) mass is 242 g/mol. The largest absolute Gasteiger partial charge is 0.459 e. The molecule has 0 aliphatic heterocycles. The second kappa shape index (κ2) is 6.73. The number of carbonyl (C=O) groups excluding carboxylic acids is 2. The van der Waals surface area contributed by atoms with Crippen molar-refractivity contribution in [3.63, 3.8) is 0 Å². The molecule has 2 atom stereocenters. The Kier molecular flexibility index (Phi) is 6.02. The van der Waals surface area contributed by atoms with Gasteiger partial charge in [-0.3, -0.25) is 9.59 Å². The van der Waals surface area contributed by atoms with Gasteiger partial charge in [-0.05, 0) is 13.8 Å². The minimum Gasteiger partial charge on any atom is -0.459 e. The van der Waals surface area contributed by atoms with Gasteiger partial charge in [0.25, 0.3) is 0 Å². The van der Waals surface area contributed by atoms with E-state index in [4.69, 9.17) is 14.2 Å². The van der Waals surface area contributed by atoms with Gasteiger partial charge < -0.3 is 14.2 Å². The molecule has 0 rings (SSSR count). The summed E-state index contributed by atoms with van der Waals surface area (Å²) in [5.41, 5.74) is 0. The number of esters is 2. The first-order valence-electron chi connectivity index (χ1n) is 5.14. The predicted octanol–water partition coefficient (Wildman–Crippen LogP) is 1.93. The highest BCUT2D eigenvalue weighted by Crippen LogP contribution is 2.14. The van der Waals surface area contributed by atoms with E-state index < -0.39 is 24.1 Å². The molecule has 5 heteroatoms. The van der Waals surface area contributed by atoms with Gasteiger partial charge >= 0.3 is 11.9 Å². The Morgan fingerprint density at radius 1 is 0.882 bits per heavy atom. The van der Waals surface area contributed by atoms with E-state index in [0.717, 1.165) is 0 Å².